The van der Waals surface area contributed by atoms with Crippen LogP contribution in [0.25, 0.3) is 11.4 Å². The van der Waals surface area contributed by atoms with Gasteiger partial charge in [-0.05, 0) is 56.3 Å². The first-order valence-corrected chi connectivity index (χ1v) is 11.9. The molecule has 8 heteroatoms. The molecule has 0 radical (unpaired) electrons. The molecule has 1 aliphatic rings. The molecular weight excluding hydrogens is 452 g/mol. The van der Waals surface area contributed by atoms with Crippen molar-refractivity contribution in [3.05, 3.63) is 75.7 Å². The van der Waals surface area contributed by atoms with Crippen molar-refractivity contribution >= 4 is 34.7 Å². The SMILES string of the molecule is CCN(CC)CCN1C(=O)C(=O)/C(=C(/O)c2nc3c(C)cccn3c2C)C1c1ccc(Cl)cc1. The Labute approximate surface area is 204 Å². The third-order valence-electron chi connectivity index (χ3n) is 6.59. The van der Waals surface area contributed by atoms with Crippen LogP contribution in [0.2, 0.25) is 5.02 Å². The number of aryl methyl sites for hydroxylation is 2. The second kappa shape index (κ2) is 9.60. The van der Waals surface area contributed by atoms with Crippen LogP contribution in [0.3, 0.4) is 0 Å². The summed E-state index contributed by atoms with van der Waals surface area (Å²) in [6.07, 6.45) is 1.86. The second-order valence-corrected chi connectivity index (χ2v) is 8.94. The maximum Gasteiger partial charge on any atom is 0.295 e. The van der Waals surface area contributed by atoms with Gasteiger partial charge in [-0.2, -0.15) is 0 Å². The number of fused-ring (bicyclic) bond motifs is 1. The van der Waals surface area contributed by atoms with E-state index < -0.39 is 17.7 Å². The Bertz CT molecular complexity index is 1280. The van der Waals surface area contributed by atoms with Crippen molar-refractivity contribution in [2.75, 3.05) is 26.2 Å². The number of carbonyl (C=O) groups excluding carboxylic acids is 2. The lowest BCUT2D eigenvalue weighted by Gasteiger charge is -2.28. The van der Waals surface area contributed by atoms with E-state index in [1.807, 2.05) is 36.6 Å². The number of likely N-dealkylation sites (tertiary alicyclic amines) is 1. The maximum atomic E-state index is 13.3. The van der Waals surface area contributed by atoms with Crippen LogP contribution in [0.4, 0.5) is 0 Å². The summed E-state index contributed by atoms with van der Waals surface area (Å²) in [6.45, 7) is 10.5. The molecule has 1 saturated heterocycles. The molecule has 3 heterocycles. The van der Waals surface area contributed by atoms with E-state index in [4.69, 9.17) is 11.6 Å². The van der Waals surface area contributed by atoms with Gasteiger partial charge in [0.1, 0.15) is 11.3 Å². The van der Waals surface area contributed by atoms with Crippen LogP contribution >= 0.6 is 11.6 Å². The van der Waals surface area contributed by atoms with Crippen molar-refractivity contribution in [2.45, 2.75) is 33.7 Å². The normalized spacial score (nSPS) is 17.9. The molecule has 7 nitrogen and oxygen atoms in total. The average Bonchev–Trinajstić information content (AvgIpc) is 3.30. The van der Waals surface area contributed by atoms with Gasteiger partial charge in [-0.3, -0.25) is 9.59 Å². The lowest BCUT2D eigenvalue weighted by atomic mass is 9.96. The molecule has 2 aromatic heterocycles. The van der Waals surface area contributed by atoms with Gasteiger partial charge in [0.25, 0.3) is 11.7 Å². The van der Waals surface area contributed by atoms with Gasteiger partial charge in [0.2, 0.25) is 0 Å². The number of hydrogen-bond donors (Lipinski definition) is 1. The smallest absolute Gasteiger partial charge is 0.295 e. The number of carbonyl (C=O) groups is 2. The van der Waals surface area contributed by atoms with Gasteiger partial charge in [-0.15, -0.1) is 0 Å². The number of amides is 1. The number of halogens is 1. The van der Waals surface area contributed by atoms with Crippen LogP contribution in [-0.4, -0.2) is 62.2 Å². The van der Waals surface area contributed by atoms with E-state index in [-0.39, 0.29) is 11.3 Å². The third kappa shape index (κ3) is 4.10. The molecule has 1 aromatic carbocycles. The number of nitrogens with zero attached hydrogens (tertiary/aromatic N) is 4. The summed E-state index contributed by atoms with van der Waals surface area (Å²) in [7, 11) is 0. The molecule has 1 unspecified atom stereocenters. The number of aliphatic hydroxyl groups excluding tert-OH is 1. The molecule has 1 fully saturated rings. The average molecular weight is 481 g/mol. The largest absolute Gasteiger partial charge is 0.505 e. The molecule has 0 spiro atoms. The second-order valence-electron chi connectivity index (χ2n) is 8.50. The summed E-state index contributed by atoms with van der Waals surface area (Å²) in [5.41, 5.74) is 3.40. The van der Waals surface area contributed by atoms with Gasteiger partial charge < -0.3 is 19.3 Å². The number of likely N-dealkylation sites (N-methyl/N-ethyl adjacent to an activating group) is 1. The zero-order chi connectivity index (χ0) is 24.6. The molecule has 1 N–H and O–H groups in total. The quantitative estimate of drug-likeness (QED) is 0.308. The van der Waals surface area contributed by atoms with Gasteiger partial charge in [0.15, 0.2) is 5.76 Å². The molecular formula is C26H29ClN4O3. The van der Waals surface area contributed by atoms with Crippen molar-refractivity contribution < 1.29 is 14.7 Å². The number of rotatable bonds is 7. The summed E-state index contributed by atoms with van der Waals surface area (Å²) in [5, 5.41) is 12.0. The summed E-state index contributed by atoms with van der Waals surface area (Å²) < 4.78 is 1.87. The Morgan fingerprint density at radius 2 is 1.79 bits per heavy atom. The van der Waals surface area contributed by atoms with Crippen molar-refractivity contribution in [3.8, 4) is 0 Å². The molecule has 0 bridgehead atoms. The lowest BCUT2D eigenvalue weighted by Crippen LogP contribution is -2.38. The summed E-state index contributed by atoms with van der Waals surface area (Å²) in [5.74, 6) is -1.58. The Morgan fingerprint density at radius 1 is 1.12 bits per heavy atom. The maximum absolute atomic E-state index is 13.3. The topological polar surface area (TPSA) is 78.2 Å². The highest BCUT2D eigenvalue weighted by molar-refractivity contribution is 6.46. The zero-order valence-electron chi connectivity index (χ0n) is 19.9. The van der Waals surface area contributed by atoms with Crippen molar-refractivity contribution in [1.82, 2.24) is 19.2 Å². The van der Waals surface area contributed by atoms with Gasteiger partial charge in [0, 0.05) is 24.3 Å². The van der Waals surface area contributed by atoms with E-state index >= 15 is 0 Å². The molecule has 1 amide bonds. The number of pyridine rings is 1. The van der Waals surface area contributed by atoms with Crippen LogP contribution in [0.1, 0.15) is 42.4 Å². The van der Waals surface area contributed by atoms with E-state index in [9.17, 15) is 14.7 Å². The first kappa shape index (κ1) is 24.0. The molecule has 1 aliphatic heterocycles. The Morgan fingerprint density at radius 3 is 2.41 bits per heavy atom. The number of aromatic nitrogens is 2. The van der Waals surface area contributed by atoms with Crippen molar-refractivity contribution in [1.29, 1.82) is 0 Å². The van der Waals surface area contributed by atoms with E-state index in [0.717, 1.165) is 18.7 Å². The Balaban J connectivity index is 1.87. The molecule has 178 valence electrons. The first-order valence-electron chi connectivity index (χ1n) is 11.5. The molecule has 4 rings (SSSR count). The molecule has 0 saturated carbocycles. The highest BCUT2D eigenvalue weighted by Gasteiger charge is 2.46. The number of ketones is 1. The number of imidazole rings is 1. The van der Waals surface area contributed by atoms with Crippen LogP contribution < -0.4 is 0 Å². The first-order chi connectivity index (χ1) is 16.3. The highest BCUT2D eigenvalue weighted by atomic mass is 35.5. The molecule has 34 heavy (non-hydrogen) atoms. The van der Waals surface area contributed by atoms with E-state index in [0.29, 0.717) is 40.7 Å². The van der Waals surface area contributed by atoms with Crippen LogP contribution in [0.5, 0.6) is 0 Å². The molecule has 3 aromatic rings. The number of aliphatic hydroxyl groups is 1. The third-order valence-corrected chi connectivity index (χ3v) is 6.84. The minimum Gasteiger partial charge on any atom is -0.505 e. The number of hydrogen-bond acceptors (Lipinski definition) is 5. The van der Waals surface area contributed by atoms with E-state index in [2.05, 4.69) is 23.7 Å². The van der Waals surface area contributed by atoms with Crippen molar-refractivity contribution in [3.63, 3.8) is 0 Å². The molecule has 0 aliphatic carbocycles. The summed E-state index contributed by atoms with van der Waals surface area (Å²) in [6, 6.07) is 10.1. The Kier molecular flexibility index (Phi) is 6.77. The van der Waals surface area contributed by atoms with Crippen LogP contribution in [-0.2, 0) is 9.59 Å². The summed E-state index contributed by atoms with van der Waals surface area (Å²) in [4.78, 5) is 34.8. The lowest BCUT2D eigenvalue weighted by molar-refractivity contribution is -0.140. The fourth-order valence-corrected chi connectivity index (χ4v) is 4.69. The van der Waals surface area contributed by atoms with Crippen LogP contribution in [0, 0.1) is 13.8 Å². The zero-order valence-corrected chi connectivity index (χ0v) is 20.6. The predicted molar refractivity (Wildman–Crippen MR) is 133 cm³/mol. The minimum atomic E-state index is -0.724. The van der Waals surface area contributed by atoms with E-state index in [1.54, 1.807) is 29.2 Å². The Hall–Kier alpha value is -3.16. The number of benzene rings is 1. The van der Waals surface area contributed by atoms with E-state index in [1.165, 1.54) is 0 Å². The predicted octanol–water partition coefficient (Wildman–Crippen LogP) is 4.37. The van der Waals surface area contributed by atoms with Gasteiger partial charge >= 0.3 is 0 Å². The minimum absolute atomic E-state index is 0.0519. The fraction of sp³-hybridized carbons (Fsp3) is 0.346. The number of Topliss-reactive ketones (excluding diaryl/α,β-unsaturated/α-hetero) is 1. The molecule has 1 atom stereocenters. The van der Waals surface area contributed by atoms with Gasteiger partial charge in [0.05, 0.1) is 17.3 Å². The standard InChI is InChI=1S/C26H29ClN4O3/c1-5-29(6-2)14-15-31-22(18-9-11-19(27)12-10-18)20(24(33)26(31)34)23(32)21-17(4)30-13-7-8-16(3)25(30)28-21/h7-13,22,32H,5-6,14-15H2,1-4H3/b23-20+. The van der Waals surface area contributed by atoms with Gasteiger partial charge in [-0.25, -0.2) is 4.98 Å². The fourth-order valence-electron chi connectivity index (χ4n) is 4.57. The van der Waals surface area contributed by atoms with Crippen LogP contribution in [0.15, 0.2) is 48.2 Å². The van der Waals surface area contributed by atoms with Crippen molar-refractivity contribution in [2.24, 2.45) is 0 Å². The summed E-state index contributed by atoms with van der Waals surface area (Å²) >= 11 is 6.10. The monoisotopic (exact) mass is 480 g/mol. The van der Waals surface area contributed by atoms with Gasteiger partial charge in [-0.1, -0.05) is 43.6 Å². The highest BCUT2D eigenvalue weighted by Crippen LogP contribution is 2.40.